The van der Waals surface area contributed by atoms with E-state index in [4.69, 9.17) is 14.5 Å². The monoisotopic (exact) mass is 606 g/mol. The molecule has 3 heterocycles. The minimum atomic E-state index is -0.700. The molecular weight excluding hydrogens is 572 g/mol. The van der Waals surface area contributed by atoms with Crippen molar-refractivity contribution in [3.63, 3.8) is 0 Å². The van der Waals surface area contributed by atoms with Crippen LogP contribution in [0.3, 0.4) is 0 Å². The highest BCUT2D eigenvalue weighted by Crippen LogP contribution is 2.37. The van der Waals surface area contributed by atoms with Crippen LogP contribution in [-0.2, 0) is 4.79 Å². The number of fused-ring (bicyclic) bond motifs is 2. The number of rotatable bonds is 8. The molecule has 1 atom stereocenters. The van der Waals surface area contributed by atoms with Crippen LogP contribution in [0.4, 0.5) is 0 Å². The molecule has 0 bridgehead atoms. The first kappa shape index (κ1) is 29.2. The Morgan fingerprint density at radius 2 is 1.66 bits per heavy atom. The second-order valence-corrected chi connectivity index (χ2v) is 11.5. The Balaban J connectivity index is 1.64. The fourth-order valence-corrected chi connectivity index (χ4v) is 6.99. The molecule has 0 fully saturated rings. The van der Waals surface area contributed by atoms with Gasteiger partial charge in [-0.25, -0.2) is 4.99 Å². The maximum Gasteiger partial charge on any atom is 0.271 e. The van der Waals surface area contributed by atoms with E-state index in [1.54, 1.807) is 23.7 Å². The topological polar surface area (TPSA) is 88.9 Å². The van der Waals surface area contributed by atoms with Crippen LogP contribution in [0.1, 0.15) is 37.9 Å². The van der Waals surface area contributed by atoms with Crippen LogP contribution in [0.5, 0.6) is 11.5 Å². The Labute approximate surface area is 259 Å². The van der Waals surface area contributed by atoms with Crippen LogP contribution in [0.15, 0.2) is 93.9 Å². The van der Waals surface area contributed by atoms with Crippen LogP contribution < -0.4 is 24.4 Å². The maximum atomic E-state index is 14.5. The smallest absolute Gasteiger partial charge is 0.271 e. The zero-order valence-electron chi connectivity index (χ0n) is 25.4. The number of hydrogen-bond acceptors (Lipinski definition) is 6. The first-order valence-electron chi connectivity index (χ1n) is 14.6. The standard InChI is InChI=1S/C35H34N4O4S/c1-6-38(7-2)34(41)29-21(3)36-35-39(32(29)24-16-11-12-18-26(24)42-4)33(40)28(44-35)20-25-23-17-13-19-27(43-5)31(23)37-30(25)22-14-9-8-10-15-22/h8-20,32,37H,6-7H2,1-5H3/b28-20+/t32-/m0/s1. The molecule has 0 aliphatic carbocycles. The van der Waals surface area contributed by atoms with E-state index in [0.717, 1.165) is 33.3 Å². The van der Waals surface area contributed by atoms with E-state index in [1.807, 2.05) is 99.6 Å². The summed E-state index contributed by atoms with van der Waals surface area (Å²) < 4.78 is 13.6. The molecule has 2 aromatic heterocycles. The molecule has 1 aliphatic rings. The van der Waals surface area contributed by atoms with Crippen molar-refractivity contribution >= 4 is 34.2 Å². The summed E-state index contributed by atoms with van der Waals surface area (Å²) in [5, 5.41) is 0.934. The SMILES string of the molecule is CCN(CC)C(=O)C1=C(C)N=c2s/c(=C/c3c(-c4ccccc4)[nH]c4c(OC)cccc34)c(=O)n2[C@H]1c1ccccc1OC. The summed E-state index contributed by atoms with van der Waals surface area (Å²) in [5.41, 5.74) is 5.16. The number of para-hydroxylation sites is 2. The van der Waals surface area contributed by atoms with Gasteiger partial charge in [0.05, 0.1) is 41.2 Å². The Morgan fingerprint density at radius 3 is 2.36 bits per heavy atom. The van der Waals surface area contributed by atoms with Gasteiger partial charge in [-0.3, -0.25) is 14.2 Å². The fourth-order valence-electron chi connectivity index (χ4n) is 5.96. The molecule has 0 radical (unpaired) electrons. The van der Waals surface area contributed by atoms with Gasteiger partial charge < -0.3 is 19.4 Å². The lowest BCUT2D eigenvalue weighted by Gasteiger charge is -2.29. The van der Waals surface area contributed by atoms with Gasteiger partial charge in [0.1, 0.15) is 17.5 Å². The molecule has 224 valence electrons. The summed E-state index contributed by atoms with van der Waals surface area (Å²) in [5.74, 6) is 1.17. The van der Waals surface area contributed by atoms with E-state index < -0.39 is 6.04 Å². The number of aromatic nitrogens is 2. The van der Waals surface area contributed by atoms with Crippen molar-refractivity contribution in [3.05, 3.63) is 115 Å². The van der Waals surface area contributed by atoms with Gasteiger partial charge in [-0.1, -0.05) is 72.0 Å². The summed E-state index contributed by atoms with van der Waals surface area (Å²) in [6, 6.07) is 22.7. The number of thiazole rings is 1. The number of ether oxygens (including phenoxy) is 2. The summed E-state index contributed by atoms with van der Waals surface area (Å²) in [7, 11) is 3.24. The molecule has 1 N–H and O–H groups in total. The molecule has 5 aromatic rings. The van der Waals surface area contributed by atoms with Crippen molar-refractivity contribution < 1.29 is 14.3 Å². The number of H-pyrrole nitrogens is 1. The van der Waals surface area contributed by atoms with Crippen molar-refractivity contribution in [2.45, 2.75) is 26.8 Å². The predicted octanol–water partition coefficient (Wildman–Crippen LogP) is 5.27. The molecule has 0 saturated carbocycles. The summed E-state index contributed by atoms with van der Waals surface area (Å²) in [4.78, 5) is 39.1. The Bertz CT molecular complexity index is 2080. The van der Waals surface area contributed by atoms with Gasteiger partial charge in [-0.2, -0.15) is 0 Å². The molecule has 1 aliphatic heterocycles. The minimum absolute atomic E-state index is 0.142. The molecule has 6 rings (SSSR count). The van der Waals surface area contributed by atoms with Gasteiger partial charge in [0.2, 0.25) is 0 Å². The van der Waals surface area contributed by atoms with Crippen LogP contribution in [0.25, 0.3) is 28.2 Å². The molecule has 0 unspecified atom stereocenters. The second kappa shape index (κ2) is 12.0. The third kappa shape index (κ3) is 4.83. The normalized spacial score (nSPS) is 14.8. The van der Waals surface area contributed by atoms with Crippen molar-refractivity contribution in [2.75, 3.05) is 27.3 Å². The zero-order chi connectivity index (χ0) is 31.0. The van der Waals surface area contributed by atoms with Crippen LogP contribution in [0, 0.1) is 0 Å². The molecule has 0 spiro atoms. The summed E-state index contributed by atoms with van der Waals surface area (Å²) in [6.07, 6.45) is 1.93. The molecule has 44 heavy (non-hydrogen) atoms. The van der Waals surface area contributed by atoms with Gasteiger partial charge in [-0.05, 0) is 44.5 Å². The van der Waals surface area contributed by atoms with Crippen LogP contribution in [-0.4, -0.2) is 47.7 Å². The first-order chi connectivity index (χ1) is 21.4. The van der Waals surface area contributed by atoms with E-state index in [1.165, 1.54) is 11.3 Å². The molecule has 0 saturated heterocycles. The van der Waals surface area contributed by atoms with Crippen LogP contribution >= 0.6 is 11.3 Å². The number of nitrogens with zero attached hydrogens (tertiary/aromatic N) is 3. The number of benzene rings is 3. The third-order valence-corrected chi connectivity index (χ3v) is 9.11. The third-order valence-electron chi connectivity index (χ3n) is 8.13. The van der Waals surface area contributed by atoms with E-state index in [9.17, 15) is 9.59 Å². The number of allylic oxidation sites excluding steroid dienone is 1. The Kier molecular flexibility index (Phi) is 7.97. The summed E-state index contributed by atoms with van der Waals surface area (Å²) >= 11 is 1.32. The minimum Gasteiger partial charge on any atom is -0.496 e. The highest BCUT2D eigenvalue weighted by Gasteiger charge is 2.35. The van der Waals surface area contributed by atoms with Gasteiger partial charge in [-0.15, -0.1) is 0 Å². The highest BCUT2D eigenvalue weighted by molar-refractivity contribution is 7.07. The van der Waals surface area contributed by atoms with Crippen molar-refractivity contribution in [3.8, 4) is 22.8 Å². The first-order valence-corrected chi connectivity index (χ1v) is 15.4. The molecular formula is C35H34N4O4S. The van der Waals surface area contributed by atoms with Crippen LogP contribution in [0.2, 0.25) is 0 Å². The van der Waals surface area contributed by atoms with Crippen molar-refractivity contribution in [1.29, 1.82) is 0 Å². The van der Waals surface area contributed by atoms with Gasteiger partial charge in [0.25, 0.3) is 11.5 Å². The average molecular weight is 607 g/mol. The fraction of sp³-hybridized carbons (Fsp3) is 0.229. The lowest BCUT2D eigenvalue weighted by atomic mass is 9.94. The molecule has 9 heteroatoms. The number of nitrogens with one attached hydrogen (secondary N) is 1. The van der Waals surface area contributed by atoms with Crippen molar-refractivity contribution in [2.24, 2.45) is 4.99 Å². The van der Waals surface area contributed by atoms with E-state index in [2.05, 4.69) is 4.98 Å². The zero-order valence-corrected chi connectivity index (χ0v) is 26.2. The molecule has 1 amide bonds. The Hall–Kier alpha value is -4.89. The van der Waals surface area contributed by atoms with E-state index >= 15 is 0 Å². The van der Waals surface area contributed by atoms with Crippen molar-refractivity contribution in [1.82, 2.24) is 14.5 Å². The summed E-state index contributed by atoms with van der Waals surface area (Å²) in [6.45, 7) is 6.83. The molecule has 3 aromatic carbocycles. The predicted molar refractivity (Wildman–Crippen MR) is 175 cm³/mol. The number of likely N-dealkylation sites (N-methyl/N-ethyl adjacent to an activating group) is 1. The van der Waals surface area contributed by atoms with E-state index in [0.29, 0.717) is 45.2 Å². The van der Waals surface area contributed by atoms with Gasteiger partial charge >= 0.3 is 0 Å². The number of carbonyl (C=O) groups excluding carboxylic acids is 1. The highest BCUT2D eigenvalue weighted by atomic mass is 32.1. The average Bonchev–Trinajstić information content (AvgIpc) is 3.58. The molecule has 8 nitrogen and oxygen atoms in total. The lowest BCUT2D eigenvalue weighted by molar-refractivity contribution is -0.127. The largest absolute Gasteiger partial charge is 0.496 e. The quantitative estimate of drug-likeness (QED) is 0.261. The second-order valence-electron chi connectivity index (χ2n) is 10.5. The number of carbonyl (C=O) groups is 1. The number of aromatic amines is 1. The maximum absolute atomic E-state index is 14.5. The van der Waals surface area contributed by atoms with Gasteiger partial charge in [0, 0.05) is 29.6 Å². The number of amides is 1. The Morgan fingerprint density at radius 1 is 0.977 bits per heavy atom. The number of hydrogen-bond donors (Lipinski definition) is 1. The van der Waals surface area contributed by atoms with E-state index in [-0.39, 0.29) is 11.5 Å². The number of methoxy groups -OCH3 is 2. The lowest BCUT2D eigenvalue weighted by Crippen LogP contribution is -2.43. The van der Waals surface area contributed by atoms with Gasteiger partial charge in [0.15, 0.2) is 4.80 Å².